The van der Waals surface area contributed by atoms with Gasteiger partial charge in [-0.05, 0) is 61.2 Å². The third-order valence-electron chi connectivity index (χ3n) is 4.57. The number of anilines is 2. The van der Waals surface area contributed by atoms with E-state index < -0.39 is 0 Å². The lowest BCUT2D eigenvalue weighted by molar-refractivity contribution is 0.475. The van der Waals surface area contributed by atoms with Crippen LogP contribution in [0, 0.1) is 0 Å². The molecule has 3 rings (SSSR count). The number of rotatable bonds is 5. The van der Waals surface area contributed by atoms with Crippen LogP contribution in [0.15, 0.2) is 48.5 Å². The van der Waals surface area contributed by atoms with Crippen molar-refractivity contribution in [2.24, 2.45) is 0 Å². The van der Waals surface area contributed by atoms with Crippen molar-refractivity contribution in [1.29, 1.82) is 0 Å². The quantitative estimate of drug-likeness (QED) is 0.858. The van der Waals surface area contributed by atoms with Crippen molar-refractivity contribution in [2.45, 2.75) is 38.6 Å². The summed E-state index contributed by atoms with van der Waals surface area (Å²) in [7, 11) is 0. The fourth-order valence-electron chi connectivity index (χ4n) is 3.24. The van der Waals surface area contributed by atoms with Crippen LogP contribution < -0.4 is 10.2 Å². The van der Waals surface area contributed by atoms with Crippen molar-refractivity contribution in [2.75, 3.05) is 23.3 Å². The molecule has 0 saturated carbocycles. The summed E-state index contributed by atoms with van der Waals surface area (Å²) in [6.45, 7) is 4.32. The highest BCUT2D eigenvalue weighted by Crippen LogP contribution is 2.24. The number of aromatic hydroxyl groups is 1. The minimum absolute atomic E-state index is 0.330. The first-order chi connectivity index (χ1) is 11.2. The van der Waals surface area contributed by atoms with E-state index >= 15 is 0 Å². The summed E-state index contributed by atoms with van der Waals surface area (Å²) in [6.07, 6.45) is 4.63. The number of aryl methyl sites for hydroxylation is 1. The second kappa shape index (κ2) is 7.40. The van der Waals surface area contributed by atoms with Gasteiger partial charge in [0.2, 0.25) is 0 Å². The Balaban J connectivity index is 1.51. The molecule has 122 valence electrons. The Morgan fingerprint density at radius 3 is 2.26 bits per heavy atom. The minimum atomic E-state index is 0.330. The molecular formula is C20H26N2O. The van der Waals surface area contributed by atoms with E-state index in [4.69, 9.17) is 0 Å². The summed E-state index contributed by atoms with van der Waals surface area (Å²) in [6, 6.07) is 16.9. The molecule has 1 aliphatic rings. The van der Waals surface area contributed by atoms with E-state index in [1.54, 1.807) is 12.1 Å². The second-order valence-corrected chi connectivity index (χ2v) is 6.37. The molecule has 0 bridgehead atoms. The number of hydrogen-bond donors (Lipinski definition) is 2. The van der Waals surface area contributed by atoms with Crippen molar-refractivity contribution in [3.8, 4) is 5.75 Å². The lowest BCUT2D eigenvalue weighted by atomic mass is 10.0. The van der Waals surface area contributed by atoms with Crippen LogP contribution in [0.25, 0.3) is 0 Å². The maximum Gasteiger partial charge on any atom is 0.115 e. The zero-order valence-electron chi connectivity index (χ0n) is 13.8. The fourth-order valence-corrected chi connectivity index (χ4v) is 3.24. The van der Waals surface area contributed by atoms with Crippen LogP contribution in [-0.2, 0) is 6.42 Å². The van der Waals surface area contributed by atoms with E-state index in [9.17, 15) is 5.11 Å². The molecule has 0 unspecified atom stereocenters. The third-order valence-corrected chi connectivity index (χ3v) is 4.57. The smallest absolute Gasteiger partial charge is 0.115 e. The van der Waals surface area contributed by atoms with Gasteiger partial charge in [-0.2, -0.15) is 0 Å². The Bertz CT molecular complexity index is 599. The van der Waals surface area contributed by atoms with Crippen molar-refractivity contribution in [3.63, 3.8) is 0 Å². The van der Waals surface area contributed by atoms with E-state index in [0.717, 1.165) is 32.4 Å². The van der Waals surface area contributed by atoms with Gasteiger partial charge in [-0.25, -0.2) is 0 Å². The molecule has 0 aromatic heterocycles. The van der Waals surface area contributed by atoms with Crippen LogP contribution in [0.4, 0.5) is 11.4 Å². The predicted octanol–water partition coefficient (Wildman–Crippen LogP) is 4.43. The molecule has 1 heterocycles. The third kappa shape index (κ3) is 4.19. The highest BCUT2D eigenvalue weighted by Gasteiger charge is 2.19. The molecule has 3 heteroatoms. The number of phenols is 1. The first-order valence-electron chi connectivity index (χ1n) is 8.64. The molecule has 23 heavy (non-hydrogen) atoms. The van der Waals surface area contributed by atoms with Crippen LogP contribution >= 0.6 is 0 Å². The normalized spacial score (nSPS) is 15.6. The molecule has 1 fully saturated rings. The SMILES string of the molecule is CCCc1ccc(NC2CCN(c3ccc(O)cc3)CC2)cc1. The molecule has 2 aromatic carbocycles. The molecule has 0 radical (unpaired) electrons. The van der Waals surface area contributed by atoms with Gasteiger partial charge < -0.3 is 15.3 Å². The molecule has 2 N–H and O–H groups in total. The summed E-state index contributed by atoms with van der Waals surface area (Å²) < 4.78 is 0. The molecule has 0 aliphatic carbocycles. The van der Waals surface area contributed by atoms with Crippen molar-refractivity contribution < 1.29 is 5.11 Å². The van der Waals surface area contributed by atoms with Gasteiger partial charge in [0.25, 0.3) is 0 Å². The molecule has 2 aromatic rings. The summed E-state index contributed by atoms with van der Waals surface area (Å²) in [5.74, 6) is 0.330. The molecule has 0 amide bonds. The molecule has 1 saturated heterocycles. The number of hydrogen-bond acceptors (Lipinski definition) is 3. The van der Waals surface area contributed by atoms with Gasteiger partial charge in [-0.15, -0.1) is 0 Å². The number of benzene rings is 2. The van der Waals surface area contributed by atoms with Gasteiger partial charge in [0.1, 0.15) is 5.75 Å². The van der Waals surface area contributed by atoms with Crippen LogP contribution in [0.5, 0.6) is 5.75 Å². The molecule has 0 atom stereocenters. The monoisotopic (exact) mass is 310 g/mol. The Morgan fingerprint density at radius 1 is 1.00 bits per heavy atom. The topological polar surface area (TPSA) is 35.5 Å². The first kappa shape index (κ1) is 15.7. The highest BCUT2D eigenvalue weighted by atomic mass is 16.3. The standard InChI is InChI=1S/C20H26N2O/c1-2-3-16-4-6-17(7-5-16)21-18-12-14-22(15-13-18)19-8-10-20(23)11-9-19/h4-11,18,21,23H,2-3,12-15H2,1H3. The maximum absolute atomic E-state index is 9.39. The van der Waals surface area contributed by atoms with Gasteiger partial charge >= 0.3 is 0 Å². The number of piperidine rings is 1. The average molecular weight is 310 g/mol. The van der Waals surface area contributed by atoms with Crippen molar-refractivity contribution in [3.05, 3.63) is 54.1 Å². The zero-order valence-corrected chi connectivity index (χ0v) is 13.8. The number of nitrogens with one attached hydrogen (secondary N) is 1. The Morgan fingerprint density at radius 2 is 1.65 bits per heavy atom. The lowest BCUT2D eigenvalue weighted by Crippen LogP contribution is -2.39. The molecule has 0 spiro atoms. The fraction of sp³-hybridized carbons (Fsp3) is 0.400. The van der Waals surface area contributed by atoms with Gasteiger partial charge in [-0.1, -0.05) is 25.5 Å². The van der Waals surface area contributed by atoms with Crippen LogP contribution in [0.3, 0.4) is 0 Å². The van der Waals surface area contributed by atoms with Crippen LogP contribution in [-0.4, -0.2) is 24.2 Å². The Labute approximate surface area is 139 Å². The predicted molar refractivity (Wildman–Crippen MR) is 97.4 cm³/mol. The first-order valence-corrected chi connectivity index (χ1v) is 8.64. The summed E-state index contributed by atoms with van der Waals surface area (Å²) in [5.41, 5.74) is 3.85. The van der Waals surface area contributed by atoms with Crippen LogP contribution in [0.2, 0.25) is 0 Å². The molecule has 3 nitrogen and oxygen atoms in total. The van der Waals surface area contributed by atoms with E-state index in [-0.39, 0.29) is 0 Å². The van der Waals surface area contributed by atoms with Gasteiger partial charge in [0.15, 0.2) is 0 Å². The van der Waals surface area contributed by atoms with Crippen molar-refractivity contribution >= 4 is 11.4 Å². The second-order valence-electron chi connectivity index (χ2n) is 6.37. The largest absolute Gasteiger partial charge is 0.508 e. The highest BCUT2D eigenvalue weighted by molar-refractivity contribution is 5.50. The van der Waals surface area contributed by atoms with E-state index in [0.29, 0.717) is 11.8 Å². The Hall–Kier alpha value is -2.16. The summed E-state index contributed by atoms with van der Waals surface area (Å²) in [5, 5.41) is 13.1. The average Bonchev–Trinajstić information content (AvgIpc) is 2.58. The zero-order chi connectivity index (χ0) is 16.1. The summed E-state index contributed by atoms with van der Waals surface area (Å²) in [4.78, 5) is 2.39. The maximum atomic E-state index is 9.39. The van der Waals surface area contributed by atoms with Crippen molar-refractivity contribution in [1.82, 2.24) is 0 Å². The van der Waals surface area contributed by atoms with Gasteiger partial charge in [-0.3, -0.25) is 0 Å². The van der Waals surface area contributed by atoms with E-state index in [1.807, 2.05) is 12.1 Å². The summed E-state index contributed by atoms with van der Waals surface area (Å²) >= 11 is 0. The van der Waals surface area contributed by atoms with E-state index in [2.05, 4.69) is 41.4 Å². The van der Waals surface area contributed by atoms with Crippen LogP contribution in [0.1, 0.15) is 31.7 Å². The molecular weight excluding hydrogens is 284 g/mol. The minimum Gasteiger partial charge on any atom is -0.508 e. The number of nitrogens with zero attached hydrogens (tertiary/aromatic N) is 1. The lowest BCUT2D eigenvalue weighted by Gasteiger charge is -2.34. The number of phenolic OH excluding ortho intramolecular Hbond substituents is 1. The Kier molecular flexibility index (Phi) is 5.06. The molecule has 1 aliphatic heterocycles. The van der Waals surface area contributed by atoms with Gasteiger partial charge in [0.05, 0.1) is 0 Å². The van der Waals surface area contributed by atoms with Gasteiger partial charge in [0, 0.05) is 30.5 Å². The van der Waals surface area contributed by atoms with E-state index in [1.165, 1.54) is 23.4 Å².